The Morgan fingerprint density at radius 2 is 2.03 bits per heavy atom. The van der Waals surface area contributed by atoms with Crippen molar-refractivity contribution >= 4 is 39.2 Å². The number of nitrogens with zero attached hydrogens (tertiary/aromatic N) is 6. The van der Waals surface area contributed by atoms with Crippen LogP contribution < -0.4 is 0 Å². The Labute approximate surface area is 188 Å². The molecule has 0 radical (unpaired) electrons. The highest BCUT2D eigenvalue weighted by molar-refractivity contribution is 7.99. The number of benzene rings is 1. The van der Waals surface area contributed by atoms with Crippen LogP contribution in [-0.2, 0) is 11.8 Å². The molecule has 1 aromatic carbocycles. The van der Waals surface area contributed by atoms with Gasteiger partial charge in [-0.25, -0.2) is 4.98 Å². The first kappa shape index (κ1) is 20.1. The smallest absolute Gasteiger partial charge is 0.233 e. The van der Waals surface area contributed by atoms with Gasteiger partial charge < -0.3 is 9.47 Å². The van der Waals surface area contributed by atoms with Crippen molar-refractivity contribution in [3.05, 3.63) is 53.8 Å². The van der Waals surface area contributed by atoms with E-state index in [1.54, 1.807) is 23.7 Å². The Morgan fingerprint density at radius 1 is 1.19 bits per heavy atom. The molecule has 1 aliphatic heterocycles. The lowest BCUT2D eigenvalue weighted by molar-refractivity contribution is -0.129. The molecule has 1 unspecified atom stereocenters. The van der Waals surface area contributed by atoms with Gasteiger partial charge in [0.05, 0.1) is 21.0 Å². The molecule has 1 saturated heterocycles. The number of hydrogen-bond donors (Lipinski definition) is 0. The van der Waals surface area contributed by atoms with Crippen molar-refractivity contribution < 1.29 is 4.79 Å². The van der Waals surface area contributed by atoms with E-state index < -0.39 is 0 Å². The van der Waals surface area contributed by atoms with E-state index in [1.165, 1.54) is 16.5 Å². The summed E-state index contributed by atoms with van der Waals surface area (Å²) in [5, 5.41) is 10.4. The van der Waals surface area contributed by atoms with Crippen LogP contribution in [0.2, 0.25) is 0 Å². The molecule has 0 aliphatic carbocycles. The van der Waals surface area contributed by atoms with E-state index in [0.717, 1.165) is 53.0 Å². The standard InChI is InChI=1S/C22H22N6OS2/c1-27-20(15-8-10-23-11-9-15)25-26-22(27)30-14-19(29)28-12-4-5-16(13-28)21-24-17-6-2-3-7-18(17)31-21/h2-3,6-11,16H,4-5,12-14H2,1H3. The fraction of sp³-hybridized carbons (Fsp3) is 0.318. The monoisotopic (exact) mass is 450 g/mol. The zero-order chi connectivity index (χ0) is 21.2. The minimum absolute atomic E-state index is 0.143. The highest BCUT2D eigenvalue weighted by Crippen LogP contribution is 2.33. The van der Waals surface area contributed by atoms with Crippen LogP contribution in [-0.4, -0.2) is 54.4 Å². The molecule has 4 heterocycles. The zero-order valence-corrected chi connectivity index (χ0v) is 18.8. The van der Waals surface area contributed by atoms with Crippen molar-refractivity contribution in [1.29, 1.82) is 0 Å². The van der Waals surface area contributed by atoms with Crippen molar-refractivity contribution in [3.63, 3.8) is 0 Å². The van der Waals surface area contributed by atoms with E-state index in [1.807, 2.05) is 40.8 Å². The number of fused-ring (bicyclic) bond motifs is 1. The van der Waals surface area contributed by atoms with Gasteiger partial charge in [-0.1, -0.05) is 23.9 Å². The van der Waals surface area contributed by atoms with Gasteiger partial charge in [-0.2, -0.15) is 0 Å². The molecule has 31 heavy (non-hydrogen) atoms. The number of amides is 1. The van der Waals surface area contributed by atoms with Crippen LogP contribution in [0.1, 0.15) is 23.8 Å². The maximum atomic E-state index is 12.9. The molecule has 9 heteroatoms. The lowest BCUT2D eigenvalue weighted by Gasteiger charge is -2.31. The first-order chi connectivity index (χ1) is 15.2. The second-order valence-corrected chi connectivity index (χ2v) is 9.59. The van der Waals surface area contributed by atoms with E-state index in [4.69, 9.17) is 4.98 Å². The van der Waals surface area contributed by atoms with E-state index in [-0.39, 0.29) is 5.91 Å². The van der Waals surface area contributed by atoms with E-state index in [9.17, 15) is 4.79 Å². The van der Waals surface area contributed by atoms with Gasteiger partial charge in [-0.15, -0.1) is 21.5 Å². The minimum atomic E-state index is 0.143. The Bertz CT molecular complexity index is 1170. The third-order valence-electron chi connectivity index (χ3n) is 5.53. The summed E-state index contributed by atoms with van der Waals surface area (Å²) in [6.45, 7) is 1.54. The Balaban J connectivity index is 1.23. The predicted molar refractivity (Wildman–Crippen MR) is 123 cm³/mol. The maximum absolute atomic E-state index is 12.9. The first-order valence-corrected chi connectivity index (χ1v) is 12.0. The summed E-state index contributed by atoms with van der Waals surface area (Å²) in [5.41, 5.74) is 2.01. The normalized spacial score (nSPS) is 16.7. The van der Waals surface area contributed by atoms with E-state index >= 15 is 0 Å². The first-order valence-electron chi connectivity index (χ1n) is 10.2. The largest absolute Gasteiger partial charge is 0.341 e. The average Bonchev–Trinajstić information content (AvgIpc) is 3.41. The molecule has 0 bridgehead atoms. The van der Waals surface area contributed by atoms with E-state index in [2.05, 4.69) is 27.3 Å². The zero-order valence-electron chi connectivity index (χ0n) is 17.1. The lowest BCUT2D eigenvalue weighted by Crippen LogP contribution is -2.40. The molecule has 1 aliphatic rings. The fourth-order valence-corrected chi connectivity index (χ4v) is 5.79. The molecular weight excluding hydrogens is 428 g/mol. The molecule has 0 saturated carbocycles. The summed E-state index contributed by atoms with van der Waals surface area (Å²) < 4.78 is 3.14. The van der Waals surface area contributed by atoms with Crippen LogP contribution in [0.25, 0.3) is 21.6 Å². The number of para-hydroxylation sites is 1. The Hall–Kier alpha value is -2.78. The van der Waals surface area contributed by atoms with Gasteiger partial charge in [-0.05, 0) is 37.1 Å². The summed E-state index contributed by atoms with van der Waals surface area (Å²) in [7, 11) is 1.92. The second-order valence-electron chi connectivity index (χ2n) is 7.59. The van der Waals surface area contributed by atoms with Crippen LogP contribution in [0.3, 0.4) is 0 Å². The number of aromatic nitrogens is 5. The molecule has 0 spiro atoms. The number of thiazole rings is 1. The van der Waals surface area contributed by atoms with Gasteiger partial charge in [0.2, 0.25) is 5.91 Å². The van der Waals surface area contributed by atoms with Gasteiger partial charge in [0, 0.05) is 44.0 Å². The molecule has 1 fully saturated rings. The maximum Gasteiger partial charge on any atom is 0.233 e. The van der Waals surface area contributed by atoms with Crippen LogP contribution in [0.15, 0.2) is 53.9 Å². The number of likely N-dealkylation sites (tertiary alicyclic amines) is 1. The Kier molecular flexibility index (Phi) is 5.69. The number of hydrogen-bond acceptors (Lipinski definition) is 7. The number of carbonyl (C=O) groups is 1. The summed E-state index contributed by atoms with van der Waals surface area (Å²) >= 11 is 3.18. The van der Waals surface area contributed by atoms with Crippen LogP contribution in [0.5, 0.6) is 0 Å². The molecule has 0 N–H and O–H groups in total. The Morgan fingerprint density at radius 3 is 2.87 bits per heavy atom. The lowest BCUT2D eigenvalue weighted by atomic mass is 9.99. The number of thioether (sulfide) groups is 1. The van der Waals surface area contributed by atoms with Crippen LogP contribution >= 0.6 is 23.1 Å². The third-order valence-corrected chi connectivity index (χ3v) is 7.74. The SMILES string of the molecule is Cn1c(SCC(=O)N2CCCC(c3nc4ccccc4s3)C2)nnc1-c1ccncc1. The van der Waals surface area contributed by atoms with Crippen molar-refractivity contribution in [2.45, 2.75) is 23.9 Å². The van der Waals surface area contributed by atoms with E-state index in [0.29, 0.717) is 11.7 Å². The number of carbonyl (C=O) groups excluding carboxylic acids is 1. The summed E-state index contributed by atoms with van der Waals surface area (Å²) in [6, 6.07) is 12.0. The average molecular weight is 451 g/mol. The van der Waals surface area contributed by atoms with Crippen LogP contribution in [0, 0.1) is 0 Å². The highest BCUT2D eigenvalue weighted by Gasteiger charge is 2.27. The van der Waals surface area contributed by atoms with Crippen molar-refractivity contribution in [3.8, 4) is 11.4 Å². The number of piperidine rings is 1. The van der Waals surface area contributed by atoms with Crippen molar-refractivity contribution in [2.75, 3.05) is 18.8 Å². The van der Waals surface area contributed by atoms with Crippen molar-refractivity contribution in [1.82, 2.24) is 29.6 Å². The fourth-order valence-electron chi connectivity index (χ4n) is 3.88. The molecule has 5 rings (SSSR count). The number of rotatable bonds is 5. The summed E-state index contributed by atoms with van der Waals surface area (Å²) in [6.07, 6.45) is 5.56. The van der Waals surface area contributed by atoms with Gasteiger partial charge in [0.25, 0.3) is 0 Å². The van der Waals surface area contributed by atoms with Gasteiger partial charge in [0.1, 0.15) is 0 Å². The number of pyridine rings is 1. The minimum Gasteiger partial charge on any atom is -0.341 e. The summed E-state index contributed by atoms with van der Waals surface area (Å²) in [5.74, 6) is 1.58. The highest BCUT2D eigenvalue weighted by atomic mass is 32.2. The molecule has 7 nitrogen and oxygen atoms in total. The van der Waals surface area contributed by atoms with Gasteiger partial charge in [0.15, 0.2) is 11.0 Å². The van der Waals surface area contributed by atoms with Crippen LogP contribution in [0.4, 0.5) is 0 Å². The quantitative estimate of drug-likeness (QED) is 0.428. The topological polar surface area (TPSA) is 76.8 Å². The van der Waals surface area contributed by atoms with Gasteiger partial charge in [-0.3, -0.25) is 9.78 Å². The van der Waals surface area contributed by atoms with Crippen molar-refractivity contribution in [2.24, 2.45) is 7.05 Å². The predicted octanol–water partition coefficient (Wildman–Crippen LogP) is 3.99. The second kappa shape index (κ2) is 8.76. The summed E-state index contributed by atoms with van der Waals surface area (Å²) in [4.78, 5) is 23.8. The molecule has 1 amide bonds. The third kappa shape index (κ3) is 4.20. The molecule has 1 atom stereocenters. The van der Waals surface area contributed by atoms with Gasteiger partial charge >= 0.3 is 0 Å². The molecule has 3 aromatic heterocycles. The molecule has 158 valence electrons. The molecular formula is C22H22N6OS2. The molecule has 4 aromatic rings.